The molecule has 3 aromatic rings. The van der Waals surface area contributed by atoms with Crippen molar-refractivity contribution in [2.24, 2.45) is 5.73 Å². The highest BCUT2D eigenvalue weighted by Gasteiger charge is 2.38. The van der Waals surface area contributed by atoms with Gasteiger partial charge in [0, 0.05) is 44.4 Å². The van der Waals surface area contributed by atoms with Gasteiger partial charge in [-0.3, -0.25) is 0 Å². The van der Waals surface area contributed by atoms with Crippen molar-refractivity contribution in [1.29, 1.82) is 0 Å². The third-order valence-corrected chi connectivity index (χ3v) is 4.51. The zero-order valence-corrected chi connectivity index (χ0v) is 18.5. The Morgan fingerprint density at radius 2 is 1.83 bits per heavy atom. The van der Waals surface area contributed by atoms with Crippen molar-refractivity contribution in [2.45, 2.75) is 12.6 Å². The molecular formula is C21H21F5N6O3. The van der Waals surface area contributed by atoms with Gasteiger partial charge >= 0.3 is 17.8 Å². The lowest BCUT2D eigenvalue weighted by molar-refractivity contribution is -0.192. The molecule has 0 bridgehead atoms. The Morgan fingerprint density at radius 3 is 2.31 bits per heavy atom. The van der Waals surface area contributed by atoms with E-state index < -0.39 is 23.9 Å². The Kier molecular flexibility index (Phi) is 8.83. The fraction of sp³-hybridized carbons (Fsp3) is 0.238. The van der Waals surface area contributed by atoms with Crippen LogP contribution in [-0.2, 0) is 11.2 Å². The molecule has 0 radical (unpaired) electrons. The first-order chi connectivity index (χ1) is 16.3. The number of benzene rings is 1. The quantitative estimate of drug-likeness (QED) is 0.444. The topological polar surface area (TPSA) is 130 Å². The van der Waals surface area contributed by atoms with Gasteiger partial charge in [0.15, 0.2) is 0 Å². The second-order valence-electron chi connectivity index (χ2n) is 7.18. The van der Waals surface area contributed by atoms with Gasteiger partial charge in [0.2, 0.25) is 0 Å². The zero-order chi connectivity index (χ0) is 26.3. The fourth-order valence-electron chi connectivity index (χ4n) is 2.77. The number of aromatic nitrogens is 4. The number of alkyl halides is 3. The van der Waals surface area contributed by atoms with Crippen LogP contribution in [0.15, 0.2) is 59.0 Å². The molecule has 0 saturated heterocycles. The molecule has 35 heavy (non-hydrogen) atoms. The monoisotopic (exact) mass is 500 g/mol. The van der Waals surface area contributed by atoms with Crippen LogP contribution in [0, 0.1) is 0 Å². The maximum Gasteiger partial charge on any atom is 0.490 e. The summed E-state index contributed by atoms with van der Waals surface area (Å²) in [7, 11) is 3.81. The first kappa shape index (κ1) is 27.2. The van der Waals surface area contributed by atoms with E-state index >= 15 is 0 Å². The Balaban J connectivity index is 0.000000540. The summed E-state index contributed by atoms with van der Waals surface area (Å²) in [4.78, 5) is 27.4. The Morgan fingerprint density at radius 1 is 1.17 bits per heavy atom. The maximum atomic E-state index is 13.0. The molecule has 0 atom stereocenters. The minimum absolute atomic E-state index is 0.163. The molecule has 0 aliphatic heterocycles. The normalized spacial score (nSPS) is 10.9. The van der Waals surface area contributed by atoms with E-state index in [2.05, 4.69) is 15.2 Å². The Bertz CT molecular complexity index is 1250. The molecule has 14 heteroatoms. The third kappa shape index (κ3) is 7.20. The number of nitrogens with zero attached hydrogens (tertiary/aromatic N) is 4. The SMILES string of the molecule is CN(C)c1ccc(-c2cccc(-n3c(CC(CN)=C(F)F)n[nH]c3=O)c2)cn1.O=C(O)C(F)(F)F. The second kappa shape index (κ2) is 11.4. The number of carboxylic acid groups (broad SMARTS) is 1. The van der Waals surface area contributed by atoms with E-state index in [0.29, 0.717) is 5.69 Å². The molecule has 0 spiro atoms. The number of aromatic amines is 1. The summed E-state index contributed by atoms with van der Waals surface area (Å²) >= 11 is 0. The van der Waals surface area contributed by atoms with Crippen LogP contribution in [-0.4, -0.2) is 57.6 Å². The highest BCUT2D eigenvalue weighted by Crippen LogP contribution is 2.23. The number of carboxylic acids is 1. The first-order valence-corrected chi connectivity index (χ1v) is 9.78. The molecule has 0 fully saturated rings. The van der Waals surface area contributed by atoms with Crippen molar-refractivity contribution < 1.29 is 31.9 Å². The average molecular weight is 500 g/mol. The van der Waals surface area contributed by atoms with Gasteiger partial charge in [-0.1, -0.05) is 12.1 Å². The van der Waals surface area contributed by atoms with Crippen LogP contribution < -0.4 is 16.3 Å². The maximum absolute atomic E-state index is 13.0. The van der Waals surface area contributed by atoms with Crippen LogP contribution in [0.3, 0.4) is 0 Å². The predicted octanol–water partition coefficient (Wildman–Crippen LogP) is 2.97. The molecule has 1 aromatic carbocycles. The predicted molar refractivity (Wildman–Crippen MR) is 117 cm³/mol. The summed E-state index contributed by atoms with van der Waals surface area (Å²) in [6.07, 6.45) is -5.42. The van der Waals surface area contributed by atoms with Crippen LogP contribution in [0.4, 0.5) is 27.8 Å². The van der Waals surface area contributed by atoms with Crippen LogP contribution in [0.25, 0.3) is 16.8 Å². The van der Waals surface area contributed by atoms with Gasteiger partial charge in [-0.2, -0.15) is 27.1 Å². The van der Waals surface area contributed by atoms with Crippen molar-refractivity contribution in [3.8, 4) is 16.8 Å². The van der Waals surface area contributed by atoms with Crippen LogP contribution in [0.1, 0.15) is 5.82 Å². The number of carbonyl (C=O) groups is 1. The number of halogens is 5. The molecule has 0 aliphatic rings. The third-order valence-electron chi connectivity index (χ3n) is 4.51. The van der Waals surface area contributed by atoms with Gasteiger partial charge in [0.25, 0.3) is 6.08 Å². The highest BCUT2D eigenvalue weighted by atomic mass is 19.4. The molecule has 4 N–H and O–H groups in total. The van der Waals surface area contributed by atoms with Crippen LogP contribution >= 0.6 is 0 Å². The Labute approximate surface area is 195 Å². The number of hydrogen-bond donors (Lipinski definition) is 3. The molecule has 0 aliphatic carbocycles. The van der Waals surface area contributed by atoms with Crippen molar-refractivity contribution in [3.63, 3.8) is 0 Å². The first-order valence-electron chi connectivity index (χ1n) is 9.78. The van der Waals surface area contributed by atoms with E-state index in [4.69, 9.17) is 15.6 Å². The van der Waals surface area contributed by atoms with Gasteiger partial charge in [-0.15, -0.1) is 0 Å². The van der Waals surface area contributed by atoms with Crippen LogP contribution in [0.2, 0.25) is 0 Å². The van der Waals surface area contributed by atoms with Gasteiger partial charge in [-0.25, -0.2) is 24.2 Å². The number of hydrogen-bond acceptors (Lipinski definition) is 6. The molecule has 0 unspecified atom stereocenters. The Hall–Kier alpha value is -4.07. The smallest absolute Gasteiger partial charge is 0.475 e. The zero-order valence-electron chi connectivity index (χ0n) is 18.5. The van der Waals surface area contributed by atoms with E-state index in [-0.39, 0.29) is 24.4 Å². The number of aliphatic carboxylic acids is 1. The lowest BCUT2D eigenvalue weighted by atomic mass is 10.1. The summed E-state index contributed by atoms with van der Waals surface area (Å²) in [6, 6.07) is 11.0. The highest BCUT2D eigenvalue weighted by molar-refractivity contribution is 5.73. The molecule has 2 aromatic heterocycles. The number of nitrogens with one attached hydrogen (secondary N) is 1. The minimum Gasteiger partial charge on any atom is -0.475 e. The van der Waals surface area contributed by atoms with E-state index in [1.807, 2.05) is 37.2 Å². The number of H-pyrrole nitrogens is 1. The molecule has 2 heterocycles. The van der Waals surface area contributed by atoms with Crippen molar-refractivity contribution >= 4 is 11.8 Å². The summed E-state index contributed by atoms with van der Waals surface area (Å²) in [5, 5.41) is 13.3. The number of rotatable bonds is 6. The fourth-order valence-corrected chi connectivity index (χ4v) is 2.77. The van der Waals surface area contributed by atoms with E-state index in [1.165, 1.54) is 4.57 Å². The summed E-state index contributed by atoms with van der Waals surface area (Å²) in [5.74, 6) is -1.77. The van der Waals surface area contributed by atoms with Gasteiger partial charge < -0.3 is 15.7 Å². The van der Waals surface area contributed by atoms with E-state index in [9.17, 15) is 26.7 Å². The van der Waals surface area contributed by atoms with E-state index in [0.717, 1.165) is 16.9 Å². The van der Waals surface area contributed by atoms with Crippen molar-refractivity contribution in [3.05, 3.63) is 70.6 Å². The molecule has 3 rings (SSSR count). The number of pyridine rings is 1. The number of anilines is 1. The van der Waals surface area contributed by atoms with Crippen LogP contribution in [0.5, 0.6) is 0 Å². The lowest BCUT2D eigenvalue weighted by Crippen LogP contribution is -2.21. The average Bonchev–Trinajstić information content (AvgIpc) is 3.17. The van der Waals surface area contributed by atoms with Gasteiger partial charge in [-0.05, 0) is 29.8 Å². The standard InChI is InChI=1S/C19H20F2N6O.C2HF3O2/c1-26(2)16-7-6-13(11-23-16)12-4-3-5-15(8-12)27-17(24-25-19(27)28)9-14(10-22)18(20)21;3-2(4,5)1(6)7/h3-8,11H,9-10,22H2,1-2H3,(H,25,28);(H,6,7). The molecular weight excluding hydrogens is 479 g/mol. The second-order valence-corrected chi connectivity index (χ2v) is 7.18. The van der Waals surface area contributed by atoms with Gasteiger partial charge in [0.1, 0.15) is 11.6 Å². The molecule has 0 saturated carbocycles. The molecule has 188 valence electrons. The molecule has 9 nitrogen and oxygen atoms in total. The summed E-state index contributed by atoms with van der Waals surface area (Å²) < 4.78 is 58.9. The minimum atomic E-state index is -5.08. The number of nitrogens with two attached hydrogens (primary N) is 1. The van der Waals surface area contributed by atoms with Crippen molar-refractivity contribution in [2.75, 3.05) is 25.5 Å². The largest absolute Gasteiger partial charge is 0.490 e. The lowest BCUT2D eigenvalue weighted by Gasteiger charge is -2.12. The summed E-state index contributed by atoms with van der Waals surface area (Å²) in [6.45, 7) is -0.312. The van der Waals surface area contributed by atoms with Crippen molar-refractivity contribution in [1.82, 2.24) is 19.7 Å². The van der Waals surface area contributed by atoms with Gasteiger partial charge in [0.05, 0.1) is 5.69 Å². The molecule has 0 amide bonds. The van der Waals surface area contributed by atoms with E-state index in [1.54, 1.807) is 24.4 Å². The summed E-state index contributed by atoms with van der Waals surface area (Å²) in [5.41, 5.74) is 6.81.